The average molecular weight is 496 g/mol. The molecular formula is C29H29N5O3. The zero-order valence-corrected chi connectivity index (χ0v) is 20.8. The van der Waals surface area contributed by atoms with Gasteiger partial charge in [0.15, 0.2) is 0 Å². The fourth-order valence-electron chi connectivity index (χ4n) is 3.79. The van der Waals surface area contributed by atoms with Crippen molar-refractivity contribution in [3.8, 4) is 11.3 Å². The molecule has 0 aliphatic carbocycles. The number of hydrogen-bond acceptors (Lipinski definition) is 4. The third kappa shape index (κ3) is 6.70. The van der Waals surface area contributed by atoms with Crippen LogP contribution in [0.15, 0.2) is 79.0 Å². The van der Waals surface area contributed by atoms with Gasteiger partial charge in [0.1, 0.15) is 5.69 Å². The Balaban J connectivity index is 1.49. The highest BCUT2D eigenvalue weighted by Crippen LogP contribution is 2.23. The van der Waals surface area contributed by atoms with Gasteiger partial charge in [0, 0.05) is 23.9 Å². The monoisotopic (exact) mass is 495 g/mol. The summed E-state index contributed by atoms with van der Waals surface area (Å²) in [5.74, 6) is -1.24. The molecule has 8 heteroatoms. The van der Waals surface area contributed by atoms with E-state index in [4.69, 9.17) is 10.8 Å². The third-order valence-electron chi connectivity index (χ3n) is 5.89. The molecule has 4 N–H and O–H groups in total. The summed E-state index contributed by atoms with van der Waals surface area (Å²) in [6.07, 6.45) is 1.77. The molecule has 0 atom stereocenters. The van der Waals surface area contributed by atoms with Crippen LogP contribution < -0.4 is 16.4 Å². The van der Waals surface area contributed by atoms with E-state index in [2.05, 4.69) is 34.9 Å². The van der Waals surface area contributed by atoms with E-state index in [0.717, 1.165) is 22.3 Å². The van der Waals surface area contributed by atoms with E-state index < -0.39 is 11.8 Å². The van der Waals surface area contributed by atoms with Gasteiger partial charge < -0.3 is 16.4 Å². The average Bonchev–Trinajstić information content (AvgIpc) is 3.31. The molecular weight excluding hydrogens is 466 g/mol. The number of nitrogens with one attached hydrogen (secondary N) is 2. The number of nitrogens with zero attached hydrogens (tertiary/aromatic N) is 2. The summed E-state index contributed by atoms with van der Waals surface area (Å²) in [7, 11) is 0. The van der Waals surface area contributed by atoms with E-state index in [1.165, 1.54) is 5.56 Å². The second-order valence-electron chi connectivity index (χ2n) is 8.97. The van der Waals surface area contributed by atoms with E-state index in [1.54, 1.807) is 35.1 Å². The minimum absolute atomic E-state index is 0.225. The maximum atomic E-state index is 13.2. The zero-order valence-electron chi connectivity index (χ0n) is 20.8. The number of aromatic nitrogens is 2. The Bertz CT molecular complexity index is 1410. The summed E-state index contributed by atoms with van der Waals surface area (Å²) in [4.78, 5) is 36.1. The molecule has 1 aromatic heterocycles. The van der Waals surface area contributed by atoms with E-state index in [1.807, 2.05) is 38.1 Å². The van der Waals surface area contributed by atoms with Crippen molar-refractivity contribution >= 4 is 17.7 Å². The lowest BCUT2D eigenvalue weighted by Crippen LogP contribution is -2.33. The van der Waals surface area contributed by atoms with Crippen LogP contribution >= 0.6 is 0 Å². The first-order valence-electron chi connectivity index (χ1n) is 11.9. The molecule has 0 spiro atoms. The molecule has 188 valence electrons. The molecule has 3 amide bonds. The van der Waals surface area contributed by atoms with E-state index in [-0.39, 0.29) is 19.0 Å². The molecule has 0 unspecified atom stereocenters. The van der Waals surface area contributed by atoms with Gasteiger partial charge in [-0.25, -0.2) is 0 Å². The molecule has 37 heavy (non-hydrogen) atoms. The highest BCUT2D eigenvalue weighted by molar-refractivity contribution is 6.00. The summed E-state index contributed by atoms with van der Waals surface area (Å²) in [5, 5.41) is 10.1. The maximum absolute atomic E-state index is 13.2. The maximum Gasteiger partial charge on any atom is 0.255 e. The van der Waals surface area contributed by atoms with Crippen molar-refractivity contribution in [3.05, 3.63) is 112 Å². The van der Waals surface area contributed by atoms with E-state index in [0.29, 0.717) is 23.4 Å². The molecule has 1 heterocycles. The van der Waals surface area contributed by atoms with E-state index >= 15 is 0 Å². The zero-order chi connectivity index (χ0) is 26.4. The molecule has 3 aromatic carbocycles. The Labute approximate surface area is 215 Å². The fraction of sp³-hybridized carbons (Fsp3) is 0.172. The summed E-state index contributed by atoms with van der Waals surface area (Å²) < 4.78 is 1.79. The van der Waals surface area contributed by atoms with Crippen LogP contribution in [0.1, 0.15) is 43.0 Å². The van der Waals surface area contributed by atoms with Gasteiger partial charge in [0.2, 0.25) is 5.91 Å². The van der Waals surface area contributed by atoms with Crippen molar-refractivity contribution in [2.45, 2.75) is 26.9 Å². The summed E-state index contributed by atoms with van der Waals surface area (Å²) in [5.41, 5.74) is 11.6. The van der Waals surface area contributed by atoms with Crippen molar-refractivity contribution < 1.29 is 14.4 Å². The van der Waals surface area contributed by atoms with Gasteiger partial charge in [-0.1, -0.05) is 71.8 Å². The van der Waals surface area contributed by atoms with Gasteiger partial charge in [-0.2, -0.15) is 5.10 Å². The summed E-state index contributed by atoms with van der Waals surface area (Å²) in [6.45, 7) is 4.66. The Morgan fingerprint density at radius 2 is 1.38 bits per heavy atom. The topological polar surface area (TPSA) is 119 Å². The highest BCUT2D eigenvalue weighted by atomic mass is 16.2. The summed E-state index contributed by atoms with van der Waals surface area (Å²) >= 11 is 0. The van der Waals surface area contributed by atoms with Crippen molar-refractivity contribution in [1.82, 2.24) is 20.4 Å². The molecule has 0 saturated heterocycles. The van der Waals surface area contributed by atoms with Crippen LogP contribution in [0.5, 0.6) is 0 Å². The number of rotatable bonds is 9. The van der Waals surface area contributed by atoms with E-state index in [9.17, 15) is 14.4 Å². The first-order chi connectivity index (χ1) is 17.8. The molecule has 8 nitrogen and oxygen atoms in total. The highest BCUT2D eigenvalue weighted by Gasteiger charge is 2.18. The molecule has 0 saturated carbocycles. The van der Waals surface area contributed by atoms with Crippen LogP contribution in [-0.4, -0.2) is 34.0 Å². The first kappa shape index (κ1) is 25.4. The molecule has 0 radical (unpaired) electrons. The van der Waals surface area contributed by atoms with Crippen LogP contribution in [0, 0.1) is 13.8 Å². The Morgan fingerprint density at radius 3 is 2.00 bits per heavy atom. The minimum atomic E-state index is -0.611. The van der Waals surface area contributed by atoms with Crippen LogP contribution in [0.4, 0.5) is 0 Å². The molecule has 0 fully saturated rings. The van der Waals surface area contributed by atoms with Crippen molar-refractivity contribution in [2.24, 2.45) is 5.73 Å². The smallest absolute Gasteiger partial charge is 0.255 e. The largest absolute Gasteiger partial charge is 0.368 e. The number of aryl methyl sites for hydroxylation is 2. The Hall–Kier alpha value is -4.72. The lowest BCUT2D eigenvalue weighted by Gasteiger charge is -2.07. The van der Waals surface area contributed by atoms with Gasteiger partial charge in [0.05, 0.1) is 18.7 Å². The second-order valence-corrected chi connectivity index (χ2v) is 8.97. The lowest BCUT2D eigenvalue weighted by molar-refractivity contribution is -0.117. The third-order valence-corrected chi connectivity index (χ3v) is 5.89. The predicted molar refractivity (Wildman–Crippen MR) is 142 cm³/mol. The standard InChI is InChI=1S/C29H29N5O3/c1-19-3-7-22(8-4-19)17-34-18-25(27(33-34)23-11-5-20(2)6-12-23)29(37)31-15-21-9-13-24(14-10-21)28(36)32-16-26(30)35/h3-14,18H,15-17H2,1-2H3,(H2,30,35)(H,31,37)(H,32,36). The number of nitrogens with two attached hydrogens (primary N) is 1. The van der Waals surface area contributed by atoms with Crippen LogP contribution in [0.3, 0.4) is 0 Å². The van der Waals surface area contributed by atoms with Crippen molar-refractivity contribution in [3.63, 3.8) is 0 Å². The summed E-state index contributed by atoms with van der Waals surface area (Å²) in [6, 6.07) is 22.9. The van der Waals surface area contributed by atoms with Gasteiger partial charge in [-0.05, 0) is 37.1 Å². The van der Waals surface area contributed by atoms with Gasteiger partial charge in [-0.15, -0.1) is 0 Å². The van der Waals surface area contributed by atoms with Gasteiger partial charge in [-0.3, -0.25) is 19.1 Å². The van der Waals surface area contributed by atoms with Crippen LogP contribution in [0.25, 0.3) is 11.3 Å². The molecule has 4 rings (SSSR count). The molecule has 0 aliphatic rings. The number of hydrogen-bond donors (Lipinski definition) is 3. The number of primary amides is 1. The molecule has 0 bridgehead atoms. The Kier molecular flexibility index (Phi) is 7.78. The second kappa shape index (κ2) is 11.3. The van der Waals surface area contributed by atoms with Crippen LogP contribution in [-0.2, 0) is 17.9 Å². The normalized spacial score (nSPS) is 10.6. The van der Waals surface area contributed by atoms with Crippen LogP contribution in [0.2, 0.25) is 0 Å². The SMILES string of the molecule is Cc1ccc(Cn2cc(C(=O)NCc3ccc(C(=O)NCC(N)=O)cc3)c(-c3ccc(C)cc3)n2)cc1. The van der Waals surface area contributed by atoms with Crippen molar-refractivity contribution in [1.29, 1.82) is 0 Å². The first-order valence-corrected chi connectivity index (χ1v) is 11.9. The molecule has 0 aliphatic heterocycles. The number of carbonyl (C=O) groups is 3. The van der Waals surface area contributed by atoms with Crippen molar-refractivity contribution in [2.75, 3.05) is 6.54 Å². The number of amides is 3. The quantitative estimate of drug-likeness (QED) is 0.330. The van der Waals surface area contributed by atoms with Gasteiger partial charge in [0.25, 0.3) is 11.8 Å². The Morgan fingerprint density at radius 1 is 0.784 bits per heavy atom. The minimum Gasteiger partial charge on any atom is -0.368 e. The van der Waals surface area contributed by atoms with Gasteiger partial charge >= 0.3 is 0 Å². The number of carbonyl (C=O) groups excluding carboxylic acids is 3. The predicted octanol–water partition coefficient (Wildman–Crippen LogP) is 3.36. The lowest BCUT2D eigenvalue weighted by atomic mass is 10.1. The molecule has 4 aromatic rings. The number of benzene rings is 3. The fourth-order valence-corrected chi connectivity index (χ4v) is 3.79.